The minimum Gasteiger partial charge on any atom is -0.350 e. The number of hydrogen-bond donors (Lipinski definition) is 3. The van der Waals surface area contributed by atoms with Crippen molar-refractivity contribution in [2.45, 2.75) is 39.7 Å². The normalized spacial score (nSPS) is 12.0. The lowest BCUT2D eigenvalue weighted by molar-refractivity contribution is -0.384. The number of nitro groups is 1. The van der Waals surface area contributed by atoms with Gasteiger partial charge in [-0.05, 0) is 37.8 Å². The minimum absolute atomic E-state index is 0.0197. The van der Waals surface area contributed by atoms with E-state index in [2.05, 4.69) is 24.6 Å². The number of nitrogens with two attached hydrogens (primary N) is 1. The number of carbonyl (C=O) groups excluding carboxylic acids is 1. The lowest BCUT2D eigenvalue weighted by Gasteiger charge is -2.15. The van der Waals surface area contributed by atoms with Crippen LogP contribution in [0.25, 0.3) is 0 Å². The fraction of sp³-hybridized carbons (Fsp3) is 0.500. The van der Waals surface area contributed by atoms with Crippen molar-refractivity contribution in [1.29, 1.82) is 0 Å². The van der Waals surface area contributed by atoms with Gasteiger partial charge >= 0.3 is 0 Å². The number of anilines is 1. The summed E-state index contributed by atoms with van der Waals surface area (Å²) in [6, 6.07) is 4.17. The van der Waals surface area contributed by atoms with Crippen molar-refractivity contribution >= 4 is 17.3 Å². The summed E-state index contributed by atoms with van der Waals surface area (Å²) in [5.41, 5.74) is 2.44. The van der Waals surface area contributed by atoms with Gasteiger partial charge in [-0.15, -0.1) is 0 Å². The summed E-state index contributed by atoms with van der Waals surface area (Å²) in [6.07, 6.45) is 1.88. The van der Waals surface area contributed by atoms with Gasteiger partial charge in [-0.2, -0.15) is 0 Å². The number of nitrogens with one attached hydrogen (secondary N) is 2. The van der Waals surface area contributed by atoms with E-state index in [1.54, 1.807) is 0 Å². The molecule has 116 valence electrons. The van der Waals surface area contributed by atoms with E-state index in [1.165, 1.54) is 18.2 Å². The summed E-state index contributed by atoms with van der Waals surface area (Å²) < 4.78 is 0. The summed E-state index contributed by atoms with van der Waals surface area (Å²) in [5.74, 6) is 5.46. The van der Waals surface area contributed by atoms with Crippen molar-refractivity contribution in [1.82, 2.24) is 5.32 Å². The Morgan fingerprint density at radius 2 is 2.00 bits per heavy atom. The molecule has 4 N–H and O–H groups in total. The highest BCUT2D eigenvalue weighted by Crippen LogP contribution is 2.24. The molecule has 0 saturated heterocycles. The highest BCUT2D eigenvalue weighted by Gasteiger charge is 2.18. The van der Waals surface area contributed by atoms with Crippen LogP contribution in [0.5, 0.6) is 0 Å². The molecule has 0 spiro atoms. The van der Waals surface area contributed by atoms with Gasteiger partial charge in [-0.25, -0.2) is 0 Å². The van der Waals surface area contributed by atoms with Gasteiger partial charge in [-0.3, -0.25) is 20.8 Å². The first-order valence-electron chi connectivity index (χ1n) is 6.91. The van der Waals surface area contributed by atoms with Crippen LogP contribution in [0, 0.1) is 16.0 Å². The predicted molar refractivity (Wildman–Crippen MR) is 81.9 cm³/mol. The van der Waals surface area contributed by atoms with Gasteiger partial charge in [0.25, 0.3) is 11.6 Å². The van der Waals surface area contributed by atoms with Crippen molar-refractivity contribution in [3.63, 3.8) is 0 Å². The van der Waals surface area contributed by atoms with E-state index in [0.717, 1.165) is 12.8 Å². The van der Waals surface area contributed by atoms with Crippen molar-refractivity contribution in [3.05, 3.63) is 33.9 Å². The fourth-order valence-corrected chi connectivity index (χ4v) is 1.91. The number of rotatable bonds is 7. The van der Waals surface area contributed by atoms with Gasteiger partial charge in [0.2, 0.25) is 0 Å². The molecule has 1 rings (SSSR count). The number of hydrazine groups is 1. The number of nitrogen functional groups attached to an aromatic ring is 1. The molecular weight excluding hydrogens is 272 g/mol. The smallest absolute Gasteiger partial charge is 0.294 e. The molecule has 1 aromatic carbocycles. The van der Waals surface area contributed by atoms with Gasteiger partial charge in [-0.1, -0.05) is 13.8 Å². The van der Waals surface area contributed by atoms with E-state index in [-0.39, 0.29) is 28.9 Å². The van der Waals surface area contributed by atoms with Crippen LogP contribution in [0.1, 0.15) is 44.0 Å². The molecule has 0 radical (unpaired) electrons. The molecule has 1 unspecified atom stereocenters. The molecule has 0 saturated carbocycles. The maximum atomic E-state index is 12.1. The number of carbonyl (C=O) groups is 1. The van der Waals surface area contributed by atoms with Crippen LogP contribution in [0.4, 0.5) is 11.4 Å². The standard InChI is InChI=1S/C14H22N4O3/c1-9(2)4-5-10(3)16-14(19)11-6-7-12(17-15)13(8-11)18(20)21/h6-10,17H,4-5,15H2,1-3H3,(H,16,19). The van der Waals surface area contributed by atoms with Crippen LogP contribution in [0.2, 0.25) is 0 Å². The Hall–Kier alpha value is -2.15. The van der Waals surface area contributed by atoms with Crippen molar-refractivity contribution in [3.8, 4) is 0 Å². The fourth-order valence-electron chi connectivity index (χ4n) is 1.91. The Morgan fingerprint density at radius 1 is 1.33 bits per heavy atom. The molecule has 1 amide bonds. The van der Waals surface area contributed by atoms with Gasteiger partial charge in [0.1, 0.15) is 5.69 Å². The molecule has 0 aliphatic heterocycles. The van der Waals surface area contributed by atoms with Crippen LogP contribution in [0.3, 0.4) is 0 Å². The Balaban J connectivity index is 2.78. The maximum absolute atomic E-state index is 12.1. The molecule has 1 aromatic rings. The lowest BCUT2D eigenvalue weighted by atomic mass is 10.0. The van der Waals surface area contributed by atoms with Crippen molar-refractivity contribution < 1.29 is 9.72 Å². The molecule has 0 aliphatic rings. The summed E-state index contributed by atoms with van der Waals surface area (Å²) in [5, 5.41) is 13.8. The van der Waals surface area contributed by atoms with E-state index >= 15 is 0 Å². The van der Waals surface area contributed by atoms with E-state index in [1.807, 2.05) is 6.92 Å². The molecule has 0 heterocycles. The second kappa shape index (κ2) is 7.58. The Kier molecular flexibility index (Phi) is 6.10. The lowest BCUT2D eigenvalue weighted by Crippen LogP contribution is -2.32. The second-order valence-corrected chi connectivity index (χ2v) is 5.48. The van der Waals surface area contributed by atoms with Crippen LogP contribution in [-0.4, -0.2) is 16.9 Å². The Morgan fingerprint density at radius 3 is 2.52 bits per heavy atom. The van der Waals surface area contributed by atoms with E-state index in [0.29, 0.717) is 5.92 Å². The molecule has 0 aliphatic carbocycles. The largest absolute Gasteiger partial charge is 0.350 e. The van der Waals surface area contributed by atoms with Crippen LogP contribution < -0.4 is 16.6 Å². The van der Waals surface area contributed by atoms with Crippen molar-refractivity contribution in [2.24, 2.45) is 11.8 Å². The van der Waals surface area contributed by atoms with E-state index in [4.69, 9.17) is 5.84 Å². The summed E-state index contributed by atoms with van der Waals surface area (Å²) in [7, 11) is 0. The Bertz CT molecular complexity index is 517. The predicted octanol–water partition coefficient (Wildman–Crippen LogP) is 2.43. The summed E-state index contributed by atoms with van der Waals surface area (Å²) >= 11 is 0. The third-order valence-electron chi connectivity index (χ3n) is 3.17. The number of amides is 1. The molecule has 0 aromatic heterocycles. The number of nitrogens with zero attached hydrogens (tertiary/aromatic N) is 1. The molecule has 1 atom stereocenters. The first-order valence-corrected chi connectivity index (χ1v) is 6.91. The molecule has 7 heteroatoms. The zero-order chi connectivity index (χ0) is 16.0. The average Bonchev–Trinajstić information content (AvgIpc) is 2.44. The molecular formula is C14H22N4O3. The number of hydrogen-bond acceptors (Lipinski definition) is 5. The topological polar surface area (TPSA) is 110 Å². The monoisotopic (exact) mass is 294 g/mol. The molecule has 0 fully saturated rings. The zero-order valence-electron chi connectivity index (χ0n) is 12.6. The maximum Gasteiger partial charge on any atom is 0.294 e. The first-order chi connectivity index (χ1) is 9.85. The molecule has 7 nitrogen and oxygen atoms in total. The first kappa shape index (κ1) is 16.9. The molecule has 21 heavy (non-hydrogen) atoms. The van der Waals surface area contributed by atoms with Gasteiger partial charge < -0.3 is 10.7 Å². The third-order valence-corrected chi connectivity index (χ3v) is 3.17. The Labute approximate surface area is 124 Å². The third kappa shape index (κ3) is 5.03. The van der Waals surface area contributed by atoms with E-state index < -0.39 is 4.92 Å². The second-order valence-electron chi connectivity index (χ2n) is 5.48. The highest BCUT2D eigenvalue weighted by atomic mass is 16.6. The van der Waals surface area contributed by atoms with Gasteiger partial charge in [0.05, 0.1) is 4.92 Å². The van der Waals surface area contributed by atoms with Gasteiger partial charge in [0.15, 0.2) is 0 Å². The van der Waals surface area contributed by atoms with Crippen LogP contribution in [0.15, 0.2) is 18.2 Å². The van der Waals surface area contributed by atoms with E-state index in [9.17, 15) is 14.9 Å². The summed E-state index contributed by atoms with van der Waals surface area (Å²) in [4.78, 5) is 22.4. The minimum atomic E-state index is -0.575. The quantitative estimate of drug-likeness (QED) is 0.406. The number of nitro benzene ring substituents is 1. The SMILES string of the molecule is CC(C)CCC(C)NC(=O)c1ccc(NN)c([N+](=O)[O-])c1. The average molecular weight is 294 g/mol. The van der Waals surface area contributed by atoms with Crippen molar-refractivity contribution in [2.75, 3.05) is 5.43 Å². The van der Waals surface area contributed by atoms with Gasteiger partial charge in [0, 0.05) is 17.7 Å². The zero-order valence-corrected chi connectivity index (χ0v) is 12.6. The number of benzene rings is 1. The summed E-state index contributed by atoms with van der Waals surface area (Å²) in [6.45, 7) is 6.16. The van der Waals surface area contributed by atoms with Crippen LogP contribution >= 0.6 is 0 Å². The van der Waals surface area contributed by atoms with Crippen LogP contribution in [-0.2, 0) is 0 Å². The highest BCUT2D eigenvalue weighted by molar-refractivity contribution is 5.95. The molecule has 0 bridgehead atoms.